The average molecular weight is 364 g/mol. The second-order valence-corrected chi connectivity index (χ2v) is 7.29. The van der Waals surface area contributed by atoms with Crippen molar-refractivity contribution in [2.24, 2.45) is 0 Å². The fourth-order valence-corrected chi connectivity index (χ4v) is 3.84. The number of carbonyl (C=O) groups is 2. The molecule has 0 saturated heterocycles. The fourth-order valence-electron chi connectivity index (χ4n) is 2.16. The number of benzene rings is 1. The van der Waals surface area contributed by atoms with Crippen LogP contribution in [-0.2, 0) is 20.1 Å². The first-order chi connectivity index (χ1) is 11.7. The first-order valence-corrected chi connectivity index (χ1v) is 9.73. The van der Waals surface area contributed by atoms with Gasteiger partial charge in [0.2, 0.25) is 5.91 Å². The molecule has 1 atom stereocenters. The maximum absolute atomic E-state index is 12.2. The minimum Gasteiger partial charge on any atom is -0.469 e. The predicted octanol–water partition coefficient (Wildman–Crippen LogP) is 3.79. The molecule has 0 radical (unpaired) electrons. The quantitative estimate of drug-likeness (QED) is 0.544. The number of carbonyl (C=O) groups excluding carboxylic acids is 2. The van der Waals surface area contributed by atoms with Gasteiger partial charge in [0.1, 0.15) is 0 Å². The van der Waals surface area contributed by atoms with Gasteiger partial charge in [0.05, 0.1) is 19.6 Å². The second-order valence-electron chi connectivity index (χ2n) is 5.20. The number of methoxy groups -OCH3 is 1. The van der Waals surface area contributed by atoms with Crippen molar-refractivity contribution in [1.29, 1.82) is 0 Å². The minimum atomic E-state index is -0.327. The van der Waals surface area contributed by atoms with E-state index in [-0.39, 0.29) is 24.3 Å². The monoisotopic (exact) mass is 363 g/mol. The van der Waals surface area contributed by atoms with E-state index in [1.54, 1.807) is 11.8 Å². The first kappa shape index (κ1) is 18.5. The third kappa shape index (κ3) is 6.37. The molecule has 1 unspecified atom stereocenters. The fraction of sp³-hybridized carbons (Fsp3) is 0.333. The highest BCUT2D eigenvalue weighted by Crippen LogP contribution is 2.23. The van der Waals surface area contributed by atoms with Crippen molar-refractivity contribution in [2.45, 2.75) is 24.6 Å². The Morgan fingerprint density at radius 3 is 2.67 bits per heavy atom. The number of rotatable bonds is 9. The average Bonchev–Trinajstić information content (AvgIpc) is 3.13. The highest BCUT2D eigenvalue weighted by Gasteiger charge is 2.19. The summed E-state index contributed by atoms with van der Waals surface area (Å²) in [6, 6.07) is 13.7. The van der Waals surface area contributed by atoms with Gasteiger partial charge in [-0.1, -0.05) is 36.4 Å². The Bertz CT molecular complexity index is 629. The van der Waals surface area contributed by atoms with Crippen LogP contribution in [0.4, 0.5) is 0 Å². The zero-order valence-corrected chi connectivity index (χ0v) is 15.2. The summed E-state index contributed by atoms with van der Waals surface area (Å²) < 4.78 is 4.72. The van der Waals surface area contributed by atoms with Crippen LogP contribution in [0.2, 0.25) is 0 Å². The van der Waals surface area contributed by atoms with E-state index in [1.165, 1.54) is 24.0 Å². The Kier molecular flexibility index (Phi) is 7.85. The number of esters is 1. The summed E-state index contributed by atoms with van der Waals surface area (Å²) in [4.78, 5) is 24.7. The first-order valence-electron chi connectivity index (χ1n) is 7.70. The maximum Gasteiger partial charge on any atom is 0.307 e. The van der Waals surface area contributed by atoms with Crippen molar-refractivity contribution in [3.8, 4) is 0 Å². The van der Waals surface area contributed by atoms with Crippen LogP contribution in [0.5, 0.6) is 0 Å². The lowest BCUT2D eigenvalue weighted by molar-refractivity contribution is -0.141. The summed E-state index contributed by atoms with van der Waals surface area (Å²) >= 11 is 3.25. The number of hydrogen-bond donors (Lipinski definition) is 1. The zero-order chi connectivity index (χ0) is 17.2. The Morgan fingerprint density at radius 2 is 2.00 bits per heavy atom. The van der Waals surface area contributed by atoms with Gasteiger partial charge in [-0.2, -0.15) is 11.8 Å². The number of thiophene rings is 1. The molecular formula is C18H21NO3S2. The van der Waals surface area contributed by atoms with E-state index in [0.29, 0.717) is 6.42 Å². The number of nitrogens with one attached hydrogen (secondary N) is 1. The van der Waals surface area contributed by atoms with Crippen molar-refractivity contribution in [3.63, 3.8) is 0 Å². The van der Waals surface area contributed by atoms with Gasteiger partial charge >= 0.3 is 5.97 Å². The Labute approximate surface area is 150 Å². The molecule has 4 nitrogen and oxygen atoms in total. The van der Waals surface area contributed by atoms with Gasteiger partial charge in [0.15, 0.2) is 0 Å². The summed E-state index contributed by atoms with van der Waals surface area (Å²) in [7, 11) is 1.36. The number of ether oxygens (including phenoxy) is 1. The van der Waals surface area contributed by atoms with Crippen LogP contribution in [0.25, 0.3) is 0 Å². The Morgan fingerprint density at radius 1 is 1.21 bits per heavy atom. The summed E-state index contributed by atoms with van der Waals surface area (Å²) in [5.74, 6) is 1.27. The Balaban J connectivity index is 1.76. The van der Waals surface area contributed by atoms with Crippen molar-refractivity contribution in [2.75, 3.05) is 12.9 Å². The van der Waals surface area contributed by atoms with Crippen molar-refractivity contribution in [1.82, 2.24) is 5.32 Å². The molecule has 0 aliphatic heterocycles. The third-order valence-corrected chi connectivity index (χ3v) is 5.42. The molecule has 2 aromatic rings. The van der Waals surface area contributed by atoms with E-state index in [9.17, 15) is 9.59 Å². The number of hydrogen-bond acceptors (Lipinski definition) is 5. The molecule has 128 valence electrons. The molecule has 1 amide bonds. The van der Waals surface area contributed by atoms with Gasteiger partial charge in [-0.05, 0) is 17.0 Å². The summed E-state index contributed by atoms with van der Waals surface area (Å²) in [5.41, 5.74) is 1.25. The van der Waals surface area contributed by atoms with Crippen LogP contribution >= 0.6 is 23.1 Å². The molecule has 1 aromatic heterocycles. The van der Waals surface area contributed by atoms with Gasteiger partial charge < -0.3 is 10.1 Å². The second kappa shape index (κ2) is 10.2. The van der Waals surface area contributed by atoms with Crippen molar-refractivity contribution >= 4 is 35.0 Å². The van der Waals surface area contributed by atoms with Crippen LogP contribution in [-0.4, -0.2) is 24.7 Å². The van der Waals surface area contributed by atoms with E-state index in [0.717, 1.165) is 16.4 Å². The van der Waals surface area contributed by atoms with Crippen LogP contribution in [0.3, 0.4) is 0 Å². The predicted molar refractivity (Wildman–Crippen MR) is 99.1 cm³/mol. The molecule has 0 fully saturated rings. The molecule has 1 N–H and O–H groups in total. The van der Waals surface area contributed by atoms with Gasteiger partial charge in [0, 0.05) is 22.8 Å². The van der Waals surface area contributed by atoms with Crippen LogP contribution in [0, 0.1) is 0 Å². The summed E-state index contributed by atoms with van der Waals surface area (Å²) in [6.07, 6.45) is 0.584. The van der Waals surface area contributed by atoms with Gasteiger partial charge in [-0.3, -0.25) is 9.59 Å². The topological polar surface area (TPSA) is 55.4 Å². The molecule has 1 heterocycles. The van der Waals surface area contributed by atoms with Crippen LogP contribution in [0.1, 0.15) is 29.3 Å². The molecule has 0 aliphatic rings. The molecule has 0 bridgehead atoms. The van der Waals surface area contributed by atoms with Crippen LogP contribution in [0.15, 0.2) is 47.8 Å². The van der Waals surface area contributed by atoms with Gasteiger partial charge in [0.25, 0.3) is 0 Å². The molecule has 0 spiro atoms. The smallest absolute Gasteiger partial charge is 0.307 e. The van der Waals surface area contributed by atoms with E-state index in [4.69, 9.17) is 4.74 Å². The highest BCUT2D eigenvalue weighted by molar-refractivity contribution is 7.98. The largest absolute Gasteiger partial charge is 0.469 e. The third-order valence-electron chi connectivity index (χ3n) is 3.41. The van der Waals surface area contributed by atoms with E-state index in [1.807, 2.05) is 35.7 Å². The molecule has 24 heavy (non-hydrogen) atoms. The molecule has 0 aliphatic carbocycles. The van der Waals surface area contributed by atoms with E-state index >= 15 is 0 Å². The maximum atomic E-state index is 12.2. The lowest BCUT2D eigenvalue weighted by Gasteiger charge is -2.16. The van der Waals surface area contributed by atoms with Crippen molar-refractivity contribution < 1.29 is 14.3 Å². The van der Waals surface area contributed by atoms with Gasteiger partial charge in [-0.15, -0.1) is 11.3 Å². The molecular weight excluding hydrogens is 342 g/mol. The molecule has 0 saturated carbocycles. The summed E-state index contributed by atoms with van der Waals surface area (Å²) in [6.45, 7) is 0. The highest BCUT2D eigenvalue weighted by atomic mass is 32.2. The number of thioether (sulfide) groups is 1. The van der Waals surface area contributed by atoms with E-state index < -0.39 is 0 Å². The summed E-state index contributed by atoms with van der Waals surface area (Å²) in [5, 5.41) is 4.87. The van der Waals surface area contributed by atoms with Crippen molar-refractivity contribution in [3.05, 3.63) is 58.3 Å². The van der Waals surface area contributed by atoms with Crippen LogP contribution < -0.4 is 5.32 Å². The minimum absolute atomic E-state index is 0.0436. The molecule has 1 aromatic carbocycles. The zero-order valence-electron chi connectivity index (χ0n) is 13.6. The standard InChI is InChI=1S/C18H21NO3S2/c1-22-18(21)12-15(16-8-5-10-24-16)19-17(20)9-11-23-13-14-6-3-2-4-7-14/h2-8,10,15H,9,11-13H2,1H3,(H,19,20). The lowest BCUT2D eigenvalue weighted by atomic mass is 10.1. The lowest BCUT2D eigenvalue weighted by Crippen LogP contribution is -2.30. The normalized spacial score (nSPS) is 11.7. The number of amides is 1. The van der Waals surface area contributed by atoms with E-state index in [2.05, 4.69) is 17.4 Å². The van der Waals surface area contributed by atoms with Gasteiger partial charge in [-0.25, -0.2) is 0 Å². The Hall–Kier alpha value is -1.79. The molecule has 2 rings (SSSR count). The SMILES string of the molecule is COC(=O)CC(NC(=O)CCSCc1ccccc1)c1cccs1. The molecule has 6 heteroatoms.